The van der Waals surface area contributed by atoms with Crippen molar-refractivity contribution in [1.82, 2.24) is 4.98 Å². The first-order valence-corrected chi connectivity index (χ1v) is 6.92. The molecule has 5 N–H and O–H groups in total. The number of nitrogens with zero attached hydrogens (tertiary/aromatic N) is 1. The summed E-state index contributed by atoms with van der Waals surface area (Å²) in [5.41, 5.74) is 12.9. The number of primary amides is 1. The highest BCUT2D eigenvalue weighted by Gasteiger charge is 2.09. The minimum absolute atomic E-state index is 0.0478. The van der Waals surface area contributed by atoms with Gasteiger partial charge in [0.15, 0.2) is 0 Å². The maximum atomic E-state index is 11.3. The van der Waals surface area contributed by atoms with Crippen LogP contribution in [0.15, 0.2) is 42.6 Å². The van der Waals surface area contributed by atoms with Gasteiger partial charge in [-0.05, 0) is 36.2 Å². The van der Waals surface area contributed by atoms with E-state index < -0.39 is 5.91 Å². The summed E-state index contributed by atoms with van der Waals surface area (Å²) >= 11 is 0. The Labute approximate surface area is 128 Å². The fourth-order valence-electron chi connectivity index (χ4n) is 2.02. The van der Waals surface area contributed by atoms with Gasteiger partial charge in [-0.3, -0.25) is 9.78 Å². The number of aliphatic hydroxyl groups excluding tert-OH is 1. The molecular formula is C16H19N3O3. The van der Waals surface area contributed by atoms with Crippen LogP contribution in [0.3, 0.4) is 0 Å². The summed E-state index contributed by atoms with van der Waals surface area (Å²) in [5.74, 6) is 0.127. The third-order valence-corrected chi connectivity index (χ3v) is 3.19. The molecule has 2 aromatic rings. The van der Waals surface area contributed by atoms with Crippen molar-refractivity contribution in [3.8, 4) is 5.75 Å². The first-order valence-electron chi connectivity index (χ1n) is 6.92. The SMILES string of the molecule is NC(=O)c1cccnc1COc1ccc(CC(N)CO)cc1. The van der Waals surface area contributed by atoms with Crippen molar-refractivity contribution in [3.05, 3.63) is 59.4 Å². The molecule has 0 fully saturated rings. The number of amides is 1. The molecule has 0 saturated carbocycles. The summed E-state index contributed by atoms with van der Waals surface area (Å²) < 4.78 is 5.62. The number of carbonyl (C=O) groups is 1. The molecule has 6 nitrogen and oxygen atoms in total. The minimum atomic E-state index is -0.528. The van der Waals surface area contributed by atoms with Gasteiger partial charge < -0.3 is 21.3 Å². The highest BCUT2D eigenvalue weighted by molar-refractivity contribution is 5.93. The third-order valence-electron chi connectivity index (χ3n) is 3.19. The number of ether oxygens (including phenoxy) is 1. The van der Waals surface area contributed by atoms with E-state index in [1.54, 1.807) is 18.3 Å². The number of pyridine rings is 1. The molecule has 1 atom stereocenters. The highest BCUT2D eigenvalue weighted by Crippen LogP contribution is 2.15. The second kappa shape index (κ2) is 7.53. The fraction of sp³-hybridized carbons (Fsp3) is 0.250. The molecule has 1 aromatic carbocycles. The lowest BCUT2D eigenvalue weighted by atomic mass is 10.1. The largest absolute Gasteiger partial charge is 0.487 e. The molecule has 0 bridgehead atoms. The Morgan fingerprint density at radius 3 is 2.64 bits per heavy atom. The fourth-order valence-corrected chi connectivity index (χ4v) is 2.02. The zero-order valence-corrected chi connectivity index (χ0v) is 12.1. The Bertz CT molecular complexity index is 629. The van der Waals surface area contributed by atoms with Gasteiger partial charge in [-0.25, -0.2) is 0 Å². The molecule has 1 unspecified atom stereocenters. The smallest absolute Gasteiger partial charge is 0.250 e. The number of benzene rings is 1. The monoisotopic (exact) mass is 301 g/mol. The van der Waals surface area contributed by atoms with Gasteiger partial charge in [0.05, 0.1) is 17.9 Å². The molecule has 0 aliphatic heterocycles. The number of hydrogen-bond acceptors (Lipinski definition) is 5. The average Bonchev–Trinajstić information content (AvgIpc) is 2.54. The summed E-state index contributed by atoms with van der Waals surface area (Å²) in [4.78, 5) is 15.4. The number of aliphatic hydroxyl groups is 1. The number of nitrogens with two attached hydrogens (primary N) is 2. The standard InChI is InChI=1S/C16H19N3O3/c17-12(9-20)8-11-3-5-13(6-4-11)22-10-15-14(16(18)21)2-1-7-19-15/h1-7,12,20H,8-10,17H2,(H2,18,21). The maximum Gasteiger partial charge on any atom is 0.250 e. The first-order chi connectivity index (χ1) is 10.6. The van der Waals surface area contributed by atoms with Gasteiger partial charge in [-0.2, -0.15) is 0 Å². The van der Waals surface area contributed by atoms with Crippen molar-refractivity contribution in [1.29, 1.82) is 0 Å². The first kappa shape index (κ1) is 15.9. The van der Waals surface area contributed by atoms with E-state index in [0.29, 0.717) is 23.4 Å². The van der Waals surface area contributed by atoms with Crippen LogP contribution in [-0.4, -0.2) is 28.6 Å². The van der Waals surface area contributed by atoms with E-state index in [1.807, 2.05) is 24.3 Å². The zero-order valence-electron chi connectivity index (χ0n) is 12.1. The molecule has 116 valence electrons. The molecule has 2 rings (SSSR count). The van der Waals surface area contributed by atoms with Crippen molar-refractivity contribution in [2.45, 2.75) is 19.1 Å². The summed E-state index contributed by atoms with van der Waals surface area (Å²) in [5, 5.41) is 8.94. The number of hydrogen-bond donors (Lipinski definition) is 3. The molecule has 0 aliphatic carbocycles. The Morgan fingerprint density at radius 1 is 1.27 bits per heavy atom. The Balaban J connectivity index is 1.99. The maximum absolute atomic E-state index is 11.3. The van der Waals surface area contributed by atoms with Gasteiger partial charge in [0, 0.05) is 12.2 Å². The zero-order chi connectivity index (χ0) is 15.9. The van der Waals surface area contributed by atoms with Crippen LogP contribution in [0.5, 0.6) is 5.75 Å². The van der Waals surface area contributed by atoms with Gasteiger partial charge >= 0.3 is 0 Å². The second-order valence-electron chi connectivity index (χ2n) is 4.94. The molecule has 1 amide bonds. The molecule has 6 heteroatoms. The Kier molecular flexibility index (Phi) is 5.46. The second-order valence-corrected chi connectivity index (χ2v) is 4.94. The summed E-state index contributed by atoms with van der Waals surface area (Å²) in [6.45, 7) is 0.114. The number of rotatable bonds is 7. The van der Waals surface area contributed by atoms with Crippen molar-refractivity contribution in [2.75, 3.05) is 6.61 Å². The van der Waals surface area contributed by atoms with E-state index in [9.17, 15) is 4.79 Å². The summed E-state index contributed by atoms with van der Waals surface area (Å²) in [7, 11) is 0. The van der Waals surface area contributed by atoms with Crippen LogP contribution in [0.2, 0.25) is 0 Å². The molecule has 0 radical (unpaired) electrons. The predicted molar refractivity (Wildman–Crippen MR) is 82.3 cm³/mol. The quantitative estimate of drug-likeness (QED) is 0.694. The highest BCUT2D eigenvalue weighted by atomic mass is 16.5. The summed E-state index contributed by atoms with van der Waals surface area (Å²) in [6.07, 6.45) is 2.19. The van der Waals surface area contributed by atoms with Gasteiger partial charge in [0.1, 0.15) is 12.4 Å². The Hall–Kier alpha value is -2.44. The van der Waals surface area contributed by atoms with Crippen LogP contribution in [0.4, 0.5) is 0 Å². The third kappa shape index (κ3) is 4.28. The Morgan fingerprint density at radius 2 is 2.00 bits per heavy atom. The number of carbonyl (C=O) groups excluding carboxylic acids is 1. The molecule has 1 aromatic heterocycles. The van der Waals surface area contributed by atoms with Crippen molar-refractivity contribution in [2.24, 2.45) is 11.5 Å². The number of aromatic nitrogens is 1. The van der Waals surface area contributed by atoms with E-state index in [-0.39, 0.29) is 19.3 Å². The van der Waals surface area contributed by atoms with Crippen LogP contribution in [0.1, 0.15) is 21.6 Å². The van der Waals surface area contributed by atoms with Crippen LogP contribution in [0, 0.1) is 0 Å². The van der Waals surface area contributed by atoms with Crippen LogP contribution < -0.4 is 16.2 Å². The molecule has 22 heavy (non-hydrogen) atoms. The molecule has 0 saturated heterocycles. The molecule has 1 heterocycles. The molecular weight excluding hydrogens is 282 g/mol. The van der Waals surface area contributed by atoms with Crippen LogP contribution in [0.25, 0.3) is 0 Å². The van der Waals surface area contributed by atoms with E-state index >= 15 is 0 Å². The lowest BCUT2D eigenvalue weighted by molar-refractivity contribution is 0.0997. The average molecular weight is 301 g/mol. The van der Waals surface area contributed by atoms with Crippen molar-refractivity contribution >= 4 is 5.91 Å². The molecule has 0 spiro atoms. The van der Waals surface area contributed by atoms with E-state index in [0.717, 1.165) is 5.56 Å². The van der Waals surface area contributed by atoms with Crippen LogP contribution >= 0.6 is 0 Å². The van der Waals surface area contributed by atoms with Crippen molar-refractivity contribution in [3.63, 3.8) is 0 Å². The predicted octanol–water partition coefficient (Wildman–Crippen LogP) is 0.622. The van der Waals surface area contributed by atoms with Gasteiger partial charge in [0.25, 0.3) is 5.91 Å². The van der Waals surface area contributed by atoms with E-state index in [1.165, 1.54) is 0 Å². The van der Waals surface area contributed by atoms with E-state index in [4.69, 9.17) is 21.3 Å². The van der Waals surface area contributed by atoms with E-state index in [2.05, 4.69) is 4.98 Å². The lowest BCUT2D eigenvalue weighted by Crippen LogP contribution is -2.26. The van der Waals surface area contributed by atoms with Gasteiger partial charge in [-0.15, -0.1) is 0 Å². The normalized spacial score (nSPS) is 11.9. The van der Waals surface area contributed by atoms with Crippen LogP contribution in [-0.2, 0) is 13.0 Å². The van der Waals surface area contributed by atoms with Gasteiger partial charge in [-0.1, -0.05) is 12.1 Å². The topological polar surface area (TPSA) is 111 Å². The van der Waals surface area contributed by atoms with Gasteiger partial charge in [0.2, 0.25) is 0 Å². The molecule has 0 aliphatic rings. The van der Waals surface area contributed by atoms with Crippen molar-refractivity contribution < 1.29 is 14.6 Å². The minimum Gasteiger partial charge on any atom is -0.487 e. The lowest BCUT2D eigenvalue weighted by Gasteiger charge is -2.10. The summed E-state index contributed by atoms with van der Waals surface area (Å²) in [6, 6.07) is 10.4.